The quantitative estimate of drug-likeness (QED) is 0.533. The van der Waals surface area contributed by atoms with Crippen molar-refractivity contribution in [1.29, 1.82) is 0 Å². The van der Waals surface area contributed by atoms with Gasteiger partial charge in [0.2, 0.25) is 5.91 Å². The third-order valence-corrected chi connectivity index (χ3v) is 5.01. The van der Waals surface area contributed by atoms with Gasteiger partial charge in [-0.15, -0.1) is 0 Å². The van der Waals surface area contributed by atoms with Crippen molar-refractivity contribution in [3.05, 3.63) is 83.4 Å². The summed E-state index contributed by atoms with van der Waals surface area (Å²) < 4.78 is 1.99. The van der Waals surface area contributed by atoms with Gasteiger partial charge in [0.1, 0.15) is 12.4 Å². The second kappa shape index (κ2) is 7.31. The van der Waals surface area contributed by atoms with Crippen LogP contribution in [-0.4, -0.2) is 15.5 Å². The van der Waals surface area contributed by atoms with Crippen molar-refractivity contribution in [1.82, 2.24) is 9.55 Å². The van der Waals surface area contributed by atoms with Crippen LogP contribution in [0.1, 0.15) is 16.7 Å². The summed E-state index contributed by atoms with van der Waals surface area (Å²) in [5.41, 5.74) is 7.03. The minimum atomic E-state index is -0.0612. The number of nitrogens with one attached hydrogen (secondary N) is 1. The van der Waals surface area contributed by atoms with E-state index >= 15 is 0 Å². The summed E-state index contributed by atoms with van der Waals surface area (Å²) in [6.45, 7) is 6.28. The number of anilines is 1. The fourth-order valence-electron chi connectivity index (χ4n) is 3.49. The zero-order valence-corrected chi connectivity index (χ0v) is 16.4. The molecule has 1 aromatic heterocycles. The lowest BCUT2D eigenvalue weighted by atomic mass is 10.1. The van der Waals surface area contributed by atoms with Crippen LogP contribution in [-0.2, 0) is 11.3 Å². The second-order valence-corrected chi connectivity index (χ2v) is 7.19. The first kappa shape index (κ1) is 18.0. The molecule has 0 unspecified atom stereocenters. The summed E-state index contributed by atoms with van der Waals surface area (Å²) >= 11 is 0. The van der Waals surface area contributed by atoms with E-state index in [0.717, 1.165) is 39.2 Å². The molecular formula is C24H23N3O. The summed E-state index contributed by atoms with van der Waals surface area (Å²) in [6, 6.07) is 22.2. The number of aryl methyl sites for hydroxylation is 3. The Balaban J connectivity index is 1.72. The number of nitrogens with zero attached hydrogens (tertiary/aromatic N) is 2. The molecule has 4 rings (SSSR count). The van der Waals surface area contributed by atoms with Gasteiger partial charge in [0, 0.05) is 11.3 Å². The zero-order valence-electron chi connectivity index (χ0n) is 16.4. The summed E-state index contributed by atoms with van der Waals surface area (Å²) in [5, 5.41) is 3.08. The standard InChI is InChI=1S/C24H23N3O/c1-16-11-13-19(14-12-16)24-25-20-9-4-5-10-21(20)27(24)15-22(28)26-23-17(2)7-6-8-18(23)3/h4-14H,15H2,1-3H3,(H,26,28). The Morgan fingerprint density at radius 2 is 1.57 bits per heavy atom. The number of carbonyl (C=O) groups excluding carboxylic acids is 1. The van der Waals surface area contributed by atoms with Crippen LogP contribution in [0.3, 0.4) is 0 Å². The minimum Gasteiger partial charge on any atom is -0.324 e. The summed E-state index contributed by atoms with van der Waals surface area (Å²) in [6.07, 6.45) is 0. The van der Waals surface area contributed by atoms with Crippen LogP contribution >= 0.6 is 0 Å². The number of imidazole rings is 1. The van der Waals surface area contributed by atoms with Gasteiger partial charge in [-0.05, 0) is 44.0 Å². The number of hydrogen-bond donors (Lipinski definition) is 1. The molecule has 4 heteroatoms. The van der Waals surface area contributed by atoms with E-state index in [0.29, 0.717) is 0 Å². The van der Waals surface area contributed by atoms with Crippen LogP contribution in [0.15, 0.2) is 66.7 Å². The van der Waals surface area contributed by atoms with Gasteiger partial charge in [-0.1, -0.05) is 60.2 Å². The summed E-state index contributed by atoms with van der Waals surface area (Å²) in [4.78, 5) is 17.7. The van der Waals surface area contributed by atoms with E-state index in [2.05, 4.69) is 36.5 Å². The molecule has 4 aromatic rings. The molecule has 0 spiro atoms. The molecule has 0 aliphatic rings. The summed E-state index contributed by atoms with van der Waals surface area (Å²) in [5.74, 6) is 0.742. The molecule has 0 saturated carbocycles. The Bertz CT molecular complexity index is 1140. The van der Waals surface area contributed by atoms with E-state index in [9.17, 15) is 4.79 Å². The average molecular weight is 369 g/mol. The second-order valence-electron chi connectivity index (χ2n) is 7.19. The predicted molar refractivity (Wildman–Crippen MR) is 114 cm³/mol. The third kappa shape index (κ3) is 3.41. The monoisotopic (exact) mass is 369 g/mol. The topological polar surface area (TPSA) is 46.9 Å². The Kier molecular flexibility index (Phi) is 4.70. The number of hydrogen-bond acceptors (Lipinski definition) is 2. The van der Waals surface area contributed by atoms with Crippen molar-refractivity contribution in [2.45, 2.75) is 27.3 Å². The van der Waals surface area contributed by atoms with Gasteiger partial charge in [0.05, 0.1) is 11.0 Å². The number of aromatic nitrogens is 2. The molecule has 3 aromatic carbocycles. The van der Waals surface area contributed by atoms with Gasteiger partial charge in [0.25, 0.3) is 0 Å². The number of para-hydroxylation sites is 3. The number of rotatable bonds is 4. The number of fused-ring (bicyclic) bond motifs is 1. The number of carbonyl (C=O) groups is 1. The molecule has 0 fully saturated rings. The van der Waals surface area contributed by atoms with E-state index in [4.69, 9.17) is 4.98 Å². The van der Waals surface area contributed by atoms with Crippen molar-refractivity contribution in [3.8, 4) is 11.4 Å². The Morgan fingerprint density at radius 3 is 2.29 bits per heavy atom. The van der Waals surface area contributed by atoms with E-state index in [1.54, 1.807) is 0 Å². The van der Waals surface area contributed by atoms with E-state index in [-0.39, 0.29) is 12.5 Å². The first-order chi connectivity index (χ1) is 13.5. The lowest BCUT2D eigenvalue weighted by Gasteiger charge is -2.13. The molecule has 4 nitrogen and oxygen atoms in total. The molecule has 1 amide bonds. The van der Waals surface area contributed by atoms with Crippen molar-refractivity contribution in [2.24, 2.45) is 0 Å². The number of amides is 1. The Hall–Kier alpha value is -3.40. The highest BCUT2D eigenvalue weighted by Gasteiger charge is 2.16. The van der Waals surface area contributed by atoms with Crippen LogP contribution in [0.4, 0.5) is 5.69 Å². The van der Waals surface area contributed by atoms with E-state index in [1.807, 2.05) is 60.9 Å². The molecular weight excluding hydrogens is 346 g/mol. The Morgan fingerprint density at radius 1 is 0.893 bits per heavy atom. The zero-order chi connectivity index (χ0) is 19.7. The largest absolute Gasteiger partial charge is 0.324 e. The molecule has 140 valence electrons. The van der Waals surface area contributed by atoms with Crippen LogP contribution in [0.25, 0.3) is 22.4 Å². The average Bonchev–Trinajstić information content (AvgIpc) is 3.04. The predicted octanol–water partition coefficient (Wildman–Crippen LogP) is 5.27. The van der Waals surface area contributed by atoms with Gasteiger partial charge in [-0.3, -0.25) is 4.79 Å². The fourth-order valence-corrected chi connectivity index (χ4v) is 3.49. The smallest absolute Gasteiger partial charge is 0.244 e. The maximum absolute atomic E-state index is 12.9. The van der Waals surface area contributed by atoms with Crippen LogP contribution in [0.5, 0.6) is 0 Å². The van der Waals surface area contributed by atoms with Crippen LogP contribution < -0.4 is 5.32 Å². The first-order valence-electron chi connectivity index (χ1n) is 9.41. The molecule has 0 bridgehead atoms. The molecule has 1 N–H and O–H groups in total. The normalized spacial score (nSPS) is 11.0. The van der Waals surface area contributed by atoms with Crippen molar-refractivity contribution in [3.63, 3.8) is 0 Å². The lowest BCUT2D eigenvalue weighted by Crippen LogP contribution is -2.20. The summed E-state index contributed by atoms with van der Waals surface area (Å²) in [7, 11) is 0. The van der Waals surface area contributed by atoms with Crippen LogP contribution in [0.2, 0.25) is 0 Å². The maximum atomic E-state index is 12.9. The molecule has 1 heterocycles. The third-order valence-electron chi connectivity index (χ3n) is 5.01. The molecule has 0 aliphatic heterocycles. The molecule has 0 saturated heterocycles. The fraction of sp³-hybridized carbons (Fsp3) is 0.167. The molecule has 28 heavy (non-hydrogen) atoms. The van der Waals surface area contributed by atoms with E-state index in [1.165, 1.54) is 5.56 Å². The van der Waals surface area contributed by atoms with Crippen molar-refractivity contribution in [2.75, 3.05) is 5.32 Å². The molecule has 0 aliphatic carbocycles. The van der Waals surface area contributed by atoms with Gasteiger partial charge in [-0.2, -0.15) is 0 Å². The van der Waals surface area contributed by atoms with Crippen molar-refractivity contribution < 1.29 is 4.79 Å². The lowest BCUT2D eigenvalue weighted by molar-refractivity contribution is -0.116. The van der Waals surface area contributed by atoms with Gasteiger partial charge < -0.3 is 9.88 Å². The van der Waals surface area contributed by atoms with Gasteiger partial charge in [-0.25, -0.2) is 4.98 Å². The van der Waals surface area contributed by atoms with Crippen molar-refractivity contribution >= 4 is 22.6 Å². The van der Waals surface area contributed by atoms with Gasteiger partial charge in [0.15, 0.2) is 0 Å². The van der Waals surface area contributed by atoms with Crippen LogP contribution in [0, 0.1) is 20.8 Å². The molecule has 0 atom stereocenters. The molecule has 0 radical (unpaired) electrons. The highest BCUT2D eigenvalue weighted by molar-refractivity contribution is 5.94. The first-order valence-corrected chi connectivity index (χ1v) is 9.41. The highest BCUT2D eigenvalue weighted by atomic mass is 16.1. The van der Waals surface area contributed by atoms with E-state index < -0.39 is 0 Å². The highest BCUT2D eigenvalue weighted by Crippen LogP contribution is 2.26. The number of benzene rings is 3. The minimum absolute atomic E-state index is 0.0612. The Labute approximate surface area is 164 Å². The van der Waals surface area contributed by atoms with Gasteiger partial charge >= 0.3 is 0 Å². The maximum Gasteiger partial charge on any atom is 0.244 e. The SMILES string of the molecule is Cc1ccc(-c2nc3ccccc3n2CC(=O)Nc2c(C)cccc2C)cc1.